The molecule has 8 heteroatoms. The molecule has 0 radical (unpaired) electrons. The topological polar surface area (TPSA) is 90.6 Å². The lowest BCUT2D eigenvalue weighted by molar-refractivity contribution is 0.0368. The van der Waals surface area contributed by atoms with Gasteiger partial charge in [-0.2, -0.15) is 0 Å². The van der Waals surface area contributed by atoms with E-state index in [1.807, 2.05) is 13.8 Å². The molecule has 0 bridgehead atoms. The van der Waals surface area contributed by atoms with Crippen LogP contribution in [0.3, 0.4) is 0 Å². The molecule has 1 aromatic heterocycles. The number of aromatic nitrogens is 1. The van der Waals surface area contributed by atoms with Crippen LogP contribution in [0.25, 0.3) is 0 Å². The van der Waals surface area contributed by atoms with Gasteiger partial charge in [0.05, 0.1) is 23.1 Å². The first-order valence-electron chi connectivity index (χ1n) is 8.34. The molecule has 2 fully saturated rings. The number of nitrogens with zero attached hydrogens (tertiary/aromatic N) is 2. The number of sulfone groups is 1. The number of fused-ring (bicyclic) bond motifs is 1. The van der Waals surface area contributed by atoms with Gasteiger partial charge in [0.15, 0.2) is 9.84 Å². The van der Waals surface area contributed by atoms with Crippen molar-refractivity contribution < 1.29 is 13.2 Å². The van der Waals surface area contributed by atoms with Crippen LogP contribution in [0.5, 0.6) is 0 Å². The smallest absolute Gasteiger partial charge is 0.255 e. The van der Waals surface area contributed by atoms with Crippen molar-refractivity contribution in [2.45, 2.75) is 25.9 Å². The highest BCUT2D eigenvalue weighted by Crippen LogP contribution is 2.28. The third-order valence-corrected chi connectivity index (χ3v) is 6.52. The van der Waals surface area contributed by atoms with Gasteiger partial charge in [0.1, 0.15) is 0 Å². The first-order chi connectivity index (χ1) is 11.8. The van der Waals surface area contributed by atoms with Gasteiger partial charge in [0.2, 0.25) is 5.56 Å². The summed E-state index contributed by atoms with van der Waals surface area (Å²) in [6, 6.07) is 2.26. The Bertz CT molecular complexity index is 834. The van der Waals surface area contributed by atoms with Gasteiger partial charge >= 0.3 is 0 Å². The number of aromatic amines is 1. The first kappa shape index (κ1) is 17.9. The number of piperazine rings is 1. The average molecular weight is 365 g/mol. The molecular weight excluding hydrogens is 342 g/mol. The van der Waals surface area contributed by atoms with Crippen LogP contribution in [0.4, 0.5) is 0 Å². The summed E-state index contributed by atoms with van der Waals surface area (Å²) in [7, 11) is -3.17. The minimum Gasteiger partial charge on any atom is -0.332 e. The number of pyridine rings is 1. The van der Waals surface area contributed by atoms with Crippen LogP contribution in [0, 0.1) is 0 Å². The Kier molecular flexibility index (Phi) is 4.83. The van der Waals surface area contributed by atoms with Crippen molar-refractivity contribution >= 4 is 15.7 Å². The molecule has 3 rings (SSSR count). The molecule has 2 saturated heterocycles. The molecule has 3 heterocycles. The SMILES string of the molecule is CC(C)=CCN1CCN(C(=O)c2ccc(=O)[nH]c2)[C@@H]2CS(=O)(=O)C[C@@H]21. The number of carbonyl (C=O) groups is 1. The van der Waals surface area contributed by atoms with Gasteiger partial charge in [-0.15, -0.1) is 0 Å². The molecular formula is C17H23N3O4S. The zero-order valence-corrected chi connectivity index (χ0v) is 15.3. The van der Waals surface area contributed by atoms with E-state index >= 15 is 0 Å². The summed E-state index contributed by atoms with van der Waals surface area (Å²) in [5, 5.41) is 0. The van der Waals surface area contributed by atoms with Gasteiger partial charge in [-0.3, -0.25) is 14.5 Å². The summed E-state index contributed by atoms with van der Waals surface area (Å²) in [5.41, 5.74) is 1.29. The average Bonchev–Trinajstić information content (AvgIpc) is 2.87. The lowest BCUT2D eigenvalue weighted by Gasteiger charge is -2.43. The van der Waals surface area contributed by atoms with Crippen LogP contribution in [0.2, 0.25) is 0 Å². The van der Waals surface area contributed by atoms with E-state index in [2.05, 4.69) is 16.0 Å². The number of carbonyl (C=O) groups excluding carboxylic acids is 1. The number of amides is 1. The summed E-state index contributed by atoms with van der Waals surface area (Å²) in [6.45, 7) is 5.83. The zero-order valence-electron chi connectivity index (χ0n) is 14.4. The standard InChI is InChI=1S/C17H23N3O4S/c1-12(2)5-6-19-7-8-20(15-11-25(23,24)10-14(15)19)17(22)13-3-4-16(21)18-9-13/h3-5,9,14-15H,6-8,10-11H2,1-2H3,(H,18,21)/t14-,15+/m0/s1. The van der Waals surface area contributed by atoms with Gasteiger partial charge in [-0.1, -0.05) is 11.6 Å². The van der Waals surface area contributed by atoms with Crippen LogP contribution in [0.1, 0.15) is 24.2 Å². The van der Waals surface area contributed by atoms with Crippen molar-refractivity contribution in [1.29, 1.82) is 0 Å². The monoisotopic (exact) mass is 365 g/mol. The van der Waals surface area contributed by atoms with E-state index in [1.54, 1.807) is 4.90 Å². The molecule has 25 heavy (non-hydrogen) atoms. The third kappa shape index (κ3) is 3.85. The van der Waals surface area contributed by atoms with Crippen molar-refractivity contribution in [2.24, 2.45) is 0 Å². The van der Waals surface area contributed by atoms with Gasteiger partial charge in [-0.25, -0.2) is 8.42 Å². The molecule has 0 aromatic carbocycles. The third-order valence-electron chi connectivity index (χ3n) is 4.82. The summed E-state index contributed by atoms with van der Waals surface area (Å²) in [6.07, 6.45) is 3.47. The Labute approximate surface area is 147 Å². The number of hydrogen-bond donors (Lipinski definition) is 1. The molecule has 1 aromatic rings. The summed E-state index contributed by atoms with van der Waals surface area (Å²) in [4.78, 5) is 30.3. The number of allylic oxidation sites excluding steroid dienone is 1. The molecule has 0 spiro atoms. The second-order valence-electron chi connectivity index (χ2n) is 6.93. The number of rotatable bonds is 3. The van der Waals surface area contributed by atoms with Crippen LogP contribution in [-0.2, 0) is 9.84 Å². The van der Waals surface area contributed by atoms with Crippen molar-refractivity contribution in [2.75, 3.05) is 31.1 Å². The molecule has 1 amide bonds. The minimum atomic E-state index is -3.17. The highest BCUT2D eigenvalue weighted by atomic mass is 32.2. The van der Waals surface area contributed by atoms with E-state index in [4.69, 9.17) is 0 Å². The molecule has 136 valence electrons. The maximum Gasteiger partial charge on any atom is 0.255 e. The Morgan fingerprint density at radius 1 is 1.24 bits per heavy atom. The molecule has 2 atom stereocenters. The Morgan fingerprint density at radius 2 is 1.96 bits per heavy atom. The van der Waals surface area contributed by atoms with Gasteiger partial charge in [-0.05, 0) is 19.9 Å². The first-order valence-corrected chi connectivity index (χ1v) is 10.2. The van der Waals surface area contributed by atoms with Crippen LogP contribution in [0.15, 0.2) is 34.8 Å². The number of hydrogen-bond acceptors (Lipinski definition) is 5. The molecule has 2 aliphatic heterocycles. The molecule has 1 N–H and O–H groups in total. The lowest BCUT2D eigenvalue weighted by atomic mass is 10.0. The largest absolute Gasteiger partial charge is 0.332 e. The highest BCUT2D eigenvalue weighted by molar-refractivity contribution is 7.91. The Morgan fingerprint density at radius 3 is 2.60 bits per heavy atom. The van der Waals surface area contributed by atoms with Crippen LogP contribution >= 0.6 is 0 Å². The fourth-order valence-electron chi connectivity index (χ4n) is 3.51. The van der Waals surface area contributed by atoms with Crippen molar-refractivity contribution in [1.82, 2.24) is 14.8 Å². The van der Waals surface area contributed by atoms with Crippen molar-refractivity contribution in [3.8, 4) is 0 Å². The Hall–Kier alpha value is -1.93. The number of nitrogens with one attached hydrogen (secondary N) is 1. The van der Waals surface area contributed by atoms with E-state index in [0.29, 0.717) is 25.2 Å². The van der Waals surface area contributed by atoms with E-state index in [-0.39, 0.29) is 35.1 Å². The fraction of sp³-hybridized carbons (Fsp3) is 0.529. The fourth-order valence-corrected chi connectivity index (χ4v) is 5.52. The van der Waals surface area contributed by atoms with E-state index in [0.717, 1.165) is 0 Å². The molecule has 7 nitrogen and oxygen atoms in total. The summed E-state index contributed by atoms with van der Waals surface area (Å²) in [5.74, 6) is -0.146. The zero-order chi connectivity index (χ0) is 18.2. The van der Waals surface area contributed by atoms with Gasteiger partial charge in [0, 0.05) is 37.9 Å². The van der Waals surface area contributed by atoms with Crippen LogP contribution in [-0.4, -0.2) is 72.3 Å². The molecule has 2 aliphatic rings. The maximum atomic E-state index is 12.8. The van der Waals surface area contributed by atoms with Gasteiger partial charge < -0.3 is 9.88 Å². The highest BCUT2D eigenvalue weighted by Gasteiger charge is 2.47. The summed E-state index contributed by atoms with van der Waals surface area (Å²) >= 11 is 0. The van der Waals surface area contributed by atoms with Gasteiger partial charge in [0.25, 0.3) is 5.91 Å². The predicted octanol–water partition coefficient (Wildman–Crippen LogP) is 0.265. The lowest BCUT2D eigenvalue weighted by Crippen LogP contribution is -2.60. The second-order valence-corrected chi connectivity index (χ2v) is 9.08. The van der Waals surface area contributed by atoms with E-state index < -0.39 is 9.84 Å². The van der Waals surface area contributed by atoms with Crippen molar-refractivity contribution in [3.63, 3.8) is 0 Å². The van der Waals surface area contributed by atoms with Crippen LogP contribution < -0.4 is 5.56 Å². The Balaban J connectivity index is 1.85. The minimum absolute atomic E-state index is 0.00190. The molecule has 0 saturated carbocycles. The number of H-pyrrole nitrogens is 1. The normalized spacial score (nSPS) is 25.4. The molecule has 0 aliphatic carbocycles. The van der Waals surface area contributed by atoms with E-state index in [9.17, 15) is 18.0 Å². The quantitative estimate of drug-likeness (QED) is 0.776. The predicted molar refractivity (Wildman–Crippen MR) is 95.3 cm³/mol. The summed E-state index contributed by atoms with van der Waals surface area (Å²) < 4.78 is 24.4. The maximum absolute atomic E-state index is 12.8. The second kappa shape index (κ2) is 6.76. The van der Waals surface area contributed by atoms with Crippen molar-refractivity contribution in [3.05, 3.63) is 45.9 Å². The molecule has 0 unspecified atom stereocenters. The van der Waals surface area contributed by atoms with E-state index in [1.165, 1.54) is 23.9 Å².